The summed E-state index contributed by atoms with van der Waals surface area (Å²) in [6.07, 6.45) is 0. The molecule has 0 atom stereocenters. The zero-order chi connectivity index (χ0) is 18.0. The molecule has 0 N–H and O–H groups in total. The standard InChI is InChI=1S/C19H20N2O3S/c1-14(2)18-13-19(21(20-18)16-7-5-4-6-8-16)24-25(22,23)17-11-9-15(3)10-12-17/h4-14H,1-3H3. The number of nitrogens with zero attached hydrogens (tertiary/aromatic N) is 2. The molecule has 0 bridgehead atoms. The van der Waals surface area contributed by atoms with Crippen LogP contribution in [0, 0.1) is 6.92 Å². The number of rotatable bonds is 5. The Labute approximate surface area is 148 Å². The van der Waals surface area contributed by atoms with Crippen LogP contribution < -0.4 is 4.18 Å². The first-order chi connectivity index (χ1) is 11.9. The maximum atomic E-state index is 12.6. The van der Waals surface area contributed by atoms with Crippen LogP contribution in [-0.4, -0.2) is 18.2 Å². The first-order valence-corrected chi connectivity index (χ1v) is 9.44. The summed E-state index contributed by atoms with van der Waals surface area (Å²) in [5.74, 6) is 0.324. The first-order valence-electron chi connectivity index (χ1n) is 8.03. The minimum atomic E-state index is -3.93. The number of hydrogen-bond donors (Lipinski definition) is 0. The average molecular weight is 356 g/mol. The van der Waals surface area contributed by atoms with Crippen LogP contribution in [0.2, 0.25) is 0 Å². The van der Waals surface area contributed by atoms with Gasteiger partial charge in [-0.2, -0.15) is 18.2 Å². The molecular formula is C19H20N2O3S. The molecule has 130 valence electrons. The van der Waals surface area contributed by atoms with E-state index < -0.39 is 10.1 Å². The van der Waals surface area contributed by atoms with Gasteiger partial charge < -0.3 is 4.18 Å². The van der Waals surface area contributed by atoms with Gasteiger partial charge in [-0.15, -0.1) is 0 Å². The normalized spacial score (nSPS) is 11.7. The zero-order valence-corrected chi connectivity index (χ0v) is 15.2. The highest BCUT2D eigenvalue weighted by atomic mass is 32.2. The van der Waals surface area contributed by atoms with Crippen molar-refractivity contribution in [3.63, 3.8) is 0 Å². The van der Waals surface area contributed by atoms with E-state index in [0.29, 0.717) is 0 Å². The number of hydrogen-bond acceptors (Lipinski definition) is 4. The van der Waals surface area contributed by atoms with Gasteiger partial charge in [0.1, 0.15) is 4.90 Å². The summed E-state index contributed by atoms with van der Waals surface area (Å²) in [6.45, 7) is 5.89. The summed E-state index contributed by atoms with van der Waals surface area (Å²) >= 11 is 0. The smallest absolute Gasteiger partial charge is 0.340 e. The summed E-state index contributed by atoms with van der Waals surface area (Å²) < 4.78 is 32.2. The number of aromatic nitrogens is 2. The van der Waals surface area contributed by atoms with Gasteiger partial charge in [0.2, 0.25) is 5.88 Å². The van der Waals surface area contributed by atoms with Gasteiger partial charge in [0.25, 0.3) is 0 Å². The fraction of sp³-hybridized carbons (Fsp3) is 0.211. The lowest BCUT2D eigenvalue weighted by Gasteiger charge is -2.09. The Morgan fingerprint density at radius 3 is 2.24 bits per heavy atom. The second-order valence-electron chi connectivity index (χ2n) is 6.16. The lowest BCUT2D eigenvalue weighted by molar-refractivity contribution is 0.465. The lowest BCUT2D eigenvalue weighted by atomic mass is 10.1. The fourth-order valence-electron chi connectivity index (χ4n) is 2.34. The molecule has 0 aliphatic rings. The van der Waals surface area contributed by atoms with E-state index in [1.54, 1.807) is 18.2 Å². The Kier molecular flexibility index (Phi) is 4.63. The molecule has 0 saturated carbocycles. The molecule has 0 radical (unpaired) electrons. The van der Waals surface area contributed by atoms with Gasteiger partial charge in [-0.3, -0.25) is 0 Å². The average Bonchev–Trinajstić information content (AvgIpc) is 2.99. The molecular weight excluding hydrogens is 336 g/mol. The molecule has 3 aromatic rings. The van der Waals surface area contributed by atoms with Crippen LogP contribution in [0.5, 0.6) is 5.88 Å². The second kappa shape index (κ2) is 6.72. The molecule has 1 aromatic heterocycles. The van der Waals surface area contributed by atoms with Gasteiger partial charge in [0.15, 0.2) is 0 Å². The van der Waals surface area contributed by atoms with Crippen LogP contribution in [0.3, 0.4) is 0 Å². The van der Waals surface area contributed by atoms with Gasteiger partial charge in [-0.25, -0.2) is 0 Å². The van der Waals surface area contributed by atoms with Crippen molar-refractivity contribution in [3.8, 4) is 11.6 Å². The van der Waals surface area contributed by atoms with Crippen molar-refractivity contribution in [2.24, 2.45) is 0 Å². The minimum absolute atomic E-state index is 0.116. The molecule has 1 heterocycles. The van der Waals surface area contributed by atoms with Crippen molar-refractivity contribution < 1.29 is 12.6 Å². The number of para-hydroxylation sites is 1. The maximum absolute atomic E-state index is 12.6. The summed E-state index contributed by atoms with van der Waals surface area (Å²) in [7, 11) is -3.93. The molecule has 2 aromatic carbocycles. The zero-order valence-electron chi connectivity index (χ0n) is 14.4. The van der Waals surface area contributed by atoms with E-state index in [-0.39, 0.29) is 16.7 Å². The minimum Gasteiger partial charge on any atom is -0.358 e. The van der Waals surface area contributed by atoms with Crippen LogP contribution >= 0.6 is 0 Å². The van der Waals surface area contributed by atoms with E-state index in [4.69, 9.17) is 4.18 Å². The molecule has 5 nitrogen and oxygen atoms in total. The van der Waals surface area contributed by atoms with Crippen molar-refractivity contribution >= 4 is 10.1 Å². The summed E-state index contributed by atoms with van der Waals surface area (Å²) in [4.78, 5) is 0.116. The quantitative estimate of drug-likeness (QED) is 0.647. The first kappa shape index (κ1) is 17.2. The van der Waals surface area contributed by atoms with Crippen LogP contribution in [-0.2, 0) is 10.1 Å². The molecule has 0 saturated heterocycles. The molecule has 6 heteroatoms. The summed E-state index contributed by atoms with van der Waals surface area (Å²) in [5, 5.41) is 4.50. The fourth-order valence-corrected chi connectivity index (χ4v) is 3.25. The van der Waals surface area contributed by atoms with Gasteiger partial charge in [0.05, 0.1) is 11.4 Å². The van der Waals surface area contributed by atoms with Crippen LogP contribution in [0.15, 0.2) is 65.6 Å². The molecule has 0 aliphatic heterocycles. The largest absolute Gasteiger partial charge is 0.358 e. The van der Waals surface area contributed by atoms with Crippen molar-refractivity contribution in [1.29, 1.82) is 0 Å². The Hall–Kier alpha value is -2.60. The van der Waals surface area contributed by atoms with Crippen LogP contribution in [0.4, 0.5) is 0 Å². The topological polar surface area (TPSA) is 61.2 Å². The van der Waals surface area contributed by atoms with Crippen molar-refractivity contribution in [1.82, 2.24) is 9.78 Å². The van der Waals surface area contributed by atoms with E-state index >= 15 is 0 Å². The van der Waals surface area contributed by atoms with Crippen molar-refractivity contribution in [3.05, 3.63) is 71.9 Å². The van der Waals surface area contributed by atoms with E-state index in [2.05, 4.69) is 5.10 Å². The van der Waals surface area contributed by atoms with E-state index in [1.807, 2.05) is 51.1 Å². The molecule has 0 spiro atoms. The lowest BCUT2D eigenvalue weighted by Crippen LogP contribution is -2.12. The SMILES string of the molecule is Cc1ccc(S(=O)(=O)Oc2cc(C(C)C)nn2-c2ccccc2)cc1. The predicted octanol–water partition coefficient (Wildman–Crippen LogP) is 4.07. The highest BCUT2D eigenvalue weighted by Crippen LogP contribution is 2.26. The van der Waals surface area contributed by atoms with Crippen LogP contribution in [0.1, 0.15) is 31.0 Å². The highest BCUT2D eigenvalue weighted by Gasteiger charge is 2.21. The molecule has 25 heavy (non-hydrogen) atoms. The van der Waals surface area contributed by atoms with Crippen molar-refractivity contribution in [2.75, 3.05) is 0 Å². The summed E-state index contributed by atoms with van der Waals surface area (Å²) in [5.41, 5.74) is 2.48. The monoisotopic (exact) mass is 356 g/mol. The number of benzene rings is 2. The van der Waals surface area contributed by atoms with E-state index in [9.17, 15) is 8.42 Å². The third-order valence-electron chi connectivity index (χ3n) is 3.79. The predicted molar refractivity (Wildman–Crippen MR) is 96.6 cm³/mol. The molecule has 0 fully saturated rings. The summed E-state index contributed by atoms with van der Waals surface area (Å²) in [6, 6.07) is 17.5. The second-order valence-corrected chi connectivity index (χ2v) is 7.71. The molecule has 0 aliphatic carbocycles. The van der Waals surface area contributed by atoms with Crippen molar-refractivity contribution in [2.45, 2.75) is 31.6 Å². The molecule has 3 rings (SSSR count). The third-order valence-corrected chi connectivity index (χ3v) is 5.03. The highest BCUT2D eigenvalue weighted by molar-refractivity contribution is 7.87. The van der Waals surface area contributed by atoms with Gasteiger partial charge >= 0.3 is 10.1 Å². The van der Waals surface area contributed by atoms with Crippen LogP contribution in [0.25, 0.3) is 5.69 Å². The third kappa shape index (κ3) is 3.74. The Balaban J connectivity index is 2.03. The molecule has 0 amide bonds. The molecule has 0 unspecified atom stereocenters. The van der Waals surface area contributed by atoms with Gasteiger partial charge in [-0.05, 0) is 37.1 Å². The van der Waals surface area contributed by atoms with E-state index in [0.717, 1.165) is 16.9 Å². The Bertz CT molecular complexity index is 960. The Morgan fingerprint density at radius 1 is 1.00 bits per heavy atom. The van der Waals surface area contributed by atoms with E-state index in [1.165, 1.54) is 16.8 Å². The van der Waals surface area contributed by atoms with Gasteiger partial charge in [0, 0.05) is 6.07 Å². The van der Waals surface area contributed by atoms with Gasteiger partial charge in [-0.1, -0.05) is 49.7 Å². The maximum Gasteiger partial charge on any atom is 0.340 e. The number of aryl methyl sites for hydroxylation is 1. The Morgan fingerprint density at radius 2 is 1.64 bits per heavy atom.